The maximum Gasteiger partial charge on any atom is 0.251 e. The highest BCUT2D eigenvalue weighted by Crippen LogP contribution is 2.07. The lowest BCUT2D eigenvalue weighted by molar-refractivity contribution is -0.122. The minimum atomic E-state index is -0.502. The molecule has 0 radical (unpaired) electrons. The molecule has 0 heterocycles. The standard InChI is InChI=1S/C16H20FN3O2/c1-11(9-15(21)20-12(2)10-18)7-8-19-16(22)13-3-5-14(17)6-4-13/h3-6,11-12H,7-9H2,1-2H3,(H,19,22)(H,20,21). The van der Waals surface area contributed by atoms with Crippen molar-refractivity contribution in [2.45, 2.75) is 32.7 Å². The van der Waals surface area contributed by atoms with Crippen molar-refractivity contribution in [3.05, 3.63) is 35.6 Å². The number of rotatable bonds is 7. The molecule has 0 aliphatic rings. The third kappa shape index (κ3) is 6.35. The smallest absolute Gasteiger partial charge is 0.251 e. The molecule has 0 saturated carbocycles. The second-order valence-corrected chi connectivity index (χ2v) is 5.28. The van der Waals surface area contributed by atoms with Gasteiger partial charge in [-0.1, -0.05) is 6.92 Å². The Morgan fingerprint density at radius 1 is 1.27 bits per heavy atom. The van der Waals surface area contributed by atoms with Gasteiger partial charge in [-0.3, -0.25) is 9.59 Å². The number of carbonyl (C=O) groups is 2. The Labute approximate surface area is 129 Å². The summed E-state index contributed by atoms with van der Waals surface area (Å²) in [5, 5.41) is 13.9. The van der Waals surface area contributed by atoms with Crippen LogP contribution in [0.1, 0.15) is 37.0 Å². The molecule has 0 aromatic heterocycles. The molecule has 22 heavy (non-hydrogen) atoms. The molecule has 0 fully saturated rings. The first-order valence-corrected chi connectivity index (χ1v) is 7.15. The van der Waals surface area contributed by atoms with E-state index in [1.54, 1.807) is 6.92 Å². The first-order chi connectivity index (χ1) is 10.4. The van der Waals surface area contributed by atoms with E-state index in [2.05, 4.69) is 10.6 Å². The Hall–Kier alpha value is -2.42. The maximum atomic E-state index is 12.8. The van der Waals surface area contributed by atoms with Crippen molar-refractivity contribution in [3.8, 4) is 6.07 Å². The van der Waals surface area contributed by atoms with Gasteiger partial charge in [0.15, 0.2) is 0 Å². The third-order valence-electron chi connectivity index (χ3n) is 3.13. The van der Waals surface area contributed by atoms with Crippen LogP contribution in [0.2, 0.25) is 0 Å². The first kappa shape index (κ1) is 17.6. The highest BCUT2D eigenvalue weighted by atomic mass is 19.1. The van der Waals surface area contributed by atoms with Gasteiger partial charge in [0.25, 0.3) is 5.91 Å². The largest absolute Gasteiger partial charge is 0.352 e. The summed E-state index contributed by atoms with van der Waals surface area (Å²) in [5.41, 5.74) is 0.398. The van der Waals surface area contributed by atoms with Crippen LogP contribution in [0.15, 0.2) is 24.3 Å². The quantitative estimate of drug-likeness (QED) is 0.808. The normalized spacial score (nSPS) is 12.8. The summed E-state index contributed by atoms with van der Waals surface area (Å²) >= 11 is 0. The topological polar surface area (TPSA) is 82.0 Å². The van der Waals surface area contributed by atoms with E-state index in [0.29, 0.717) is 24.9 Å². The number of carbonyl (C=O) groups excluding carboxylic acids is 2. The molecule has 1 rings (SSSR count). The van der Waals surface area contributed by atoms with Gasteiger partial charge in [0.2, 0.25) is 5.91 Å². The average Bonchev–Trinajstić information content (AvgIpc) is 2.47. The highest BCUT2D eigenvalue weighted by molar-refractivity contribution is 5.94. The summed E-state index contributed by atoms with van der Waals surface area (Å²) in [7, 11) is 0. The van der Waals surface area contributed by atoms with E-state index >= 15 is 0 Å². The van der Waals surface area contributed by atoms with E-state index in [4.69, 9.17) is 5.26 Å². The van der Waals surface area contributed by atoms with E-state index in [9.17, 15) is 14.0 Å². The van der Waals surface area contributed by atoms with Crippen molar-refractivity contribution < 1.29 is 14.0 Å². The molecule has 1 aromatic rings. The lowest BCUT2D eigenvalue weighted by Crippen LogP contribution is -2.33. The Morgan fingerprint density at radius 2 is 1.91 bits per heavy atom. The van der Waals surface area contributed by atoms with Crippen LogP contribution in [0.4, 0.5) is 4.39 Å². The van der Waals surface area contributed by atoms with Crippen LogP contribution in [-0.2, 0) is 4.79 Å². The molecule has 1 aromatic carbocycles. The maximum absolute atomic E-state index is 12.8. The van der Waals surface area contributed by atoms with E-state index in [1.807, 2.05) is 13.0 Å². The third-order valence-corrected chi connectivity index (χ3v) is 3.13. The van der Waals surface area contributed by atoms with Gasteiger partial charge >= 0.3 is 0 Å². The van der Waals surface area contributed by atoms with Gasteiger partial charge in [0, 0.05) is 18.5 Å². The van der Waals surface area contributed by atoms with Crippen molar-refractivity contribution in [2.75, 3.05) is 6.54 Å². The van der Waals surface area contributed by atoms with Gasteiger partial charge in [-0.05, 0) is 43.5 Å². The number of benzene rings is 1. The minimum Gasteiger partial charge on any atom is -0.352 e. The predicted molar refractivity (Wildman–Crippen MR) is 80.3 cm³/mol. The molecule has 6 heteroatoms. The molecule has 0 aliphatic carbocycles. The Morgan fingerprint density at radius 3 is 2.50 bits per heavy atom. The molecule has 118 valence electrons. The summed E-state index contributed by atoms with van der Waals surface area (Å²) < 4.78 is 12.8. The molecule has 0 bridgehead atoms. The van der Waals surface area contributed by atoms with Crippen LogP contribution in [-0.4, -0.2) is 24.4 Å². The van der Waals surface area contributed by atoms with Crippen molar-refractivity contribution in [2.24, 2.45) is 5.92 Å². The monoisotopic (exact) mass is 305 g/mol. The van der Waals surface area contributed by atoms with E-state index in [-0.39, 0.29) is 23.5 Å². The van der Waals surface area contributed by atoms with Gasteiger partial charge in [-0.2, -0.15) is 5.26 Å². The molecule has 2 N–H and O–H groups in total. The zero-order valence-electron chi connectivity index (χ0n) is 12.7. The molecule has 0 saturated heterocycles. The summed E-state index contributed by atoms with van der Waals surface area (Å²) in [5.74, 6) is -0.747. The number of halogens is 1. The molecular weight excluding hydrogens is 285 g/mol. The molecule has 0 aliphatic heterocycles. The van der Waals surface area contributed by atoms with Gasteiger partial charge in [-0.15, -0.1) is 0 Å². The SMILES string of the molecule is CC(CCNC(=O)c1ccc(F)cc1)CC(=O)NC(C)C#N. The van der Waals surface area contributed by atoms with Crippen LogP contribution in [0.5, 0.6) is 0 Å². The molecule has 2 amide bonds. The van der Waals surface area contributed by atoms with Crippen LogP contribution in [0.25, 0.3) is 0 Å². The van der Waals surface area contributed by atoms with Crippen LogP contribution < -0.4 is 10.6 Å². The molecule has 0 spiro atoms. The number of nitrogens with zero attached hydrogens (tertiary/aromatic N) is 1. The second-order valence-electron chi connectivity index (χ2n) is 5.28. The van der Waals surface area contributed by atoms with Gasteiger partial charge in [0.1, 0.15) is 11.9 Å². The zero-order chi connectivity index (χ0) is 16.5. The van der Waals surface area contributed by atoms with E-state index in [0.717, 1.165) is 0 Å². The van der Waals surface area contributed by atoms with Crippen LogP contribution >= 0.6 is 0 Å². The van der Waals surface area contributed by atoms with E-state index < -0.39 is 6.04 Å². The molecular formula is C16H20FN3O2. The number of amides is 2. The van der Waals surface area contributed by atoms with Crippen molar-refractivity contribution in [1.82, 2.24) is 10.6 Å². The van der Waals surface area contributed by atoms with Crippen molar-refractivity contribution in [1.29, 1.82) is 5.26 Å². The minimum absolute atomic E-state index is 0.0828. The lowest BCUT2D eigenvalue weighted by Gasteiger charge is -2.13. The Balaban J connectivity index is 2.28. The summed E-state index contributed by atoms with van der Waals surface area (Å²) in [6, 6.07) is 6.74. The average molecular weight is 305 g/mol. The Kier molecular flexibility index (Phi) is 7.03. The van der Waals surface area contributed by atoms with Gasteiger partial charge in [-0.25, -0.2) is 4.39 Å². The summed E-state index contributed by atoms with van der Waals surface area (Å²) in [6.07, 6.45) is 0.944. The Bertz CT molecular complexity index is 552. The number of nitrogens with one attached hydrogen (secondary N) is 2. The number of nitriles is 1. The summed E-state index contributed by atoms with van der Waals surface area (Å²) in [6.45, 7) is 3.95. The fourth-order valence-electron chi connectivity index (χ4n) is 1.89. The summed E-state index contributed by atoms with van der Waals surface area (Å²) in [4.78, 5) is 23.4. The van der Waals surface area contributed by atoms with Gasteiger partial charge in [0.05, 0.1) is 6.07 Å². The first-order valence-electron chi connectivity index (χ1n) is 7.15. The van der Waals surface area contributed by atoms with Gasteiger partial charge < -0.3 is 10.6 Å². The van der Waals surface area contributed by atoms with E-state index in [1.165, 1.54) is 24.3 Å². The fourth-order valence-corrected chi connectivity index (χ4v) is 1.89. The van der Waals surface area contributed by atoms with Crippen LogP contribution in [0.3, 0.4) is 0 Å². The van der Waals surface area contributed by atoms with Crippen molar-refractivity contribution in [3.63, 3.8) is 0 Å². The zero-order valence-corrected chi connectivity index (χ0v) is 12.7. The number of hydrogen-bond donors (Lipinski definition) is 2. The van der Waals surface area contributed by atoms with Crippen molar-refractivity contribution >= 4 is 11.8 Å². The second kappa shape index (κ2) is 8.78. The highest BCUT2D eigenvalue weighted by Gasteiger charge is 2.12. The fraction of sp³-hybridized carbons (Fsp3) is 0.438. The predicted octanol–water partition coefficient (Wildman–Crippen LogP) is 2.00. The molecule has 2 unspecified atom stereocenters. The molecule has 5 nitrogen and oxygen atoms in total. The van der Waals surface area contributed by atoms with Crippen LogP contribution in [0, 0.1) is 23.1 Å². The lowest BCUT2D eigenvalue weighted by atomic mass is 10.0. The molecule has 2 atom stereocenters. The number of hydrogen-bond acceptors (Lipinski definition) is 3.